The van der Waals surface area contributed by atoms with Gasteiger partial charge in [0, 0.05) is 16.7 Å². The predicted octanol–water partition coefficient (Wildman–Crippen LogP) is 4.58. The molecule has 0 aliphatic rings. The molecule has 3 aromatic carbocycles. The van der Waals surface area contributed by atoms with E-state index in [0.717, 1.165) is 16.7 Å². The van der Waals surface area contributed by atoms with E-state index in [2.05, 4.69) is 20.5 Å². The number of aromatic nitrogens is 2. The van der Waals surface area contributed by atoms with Gasteiger partial charge in [-0.25, -0.2) is 15.4 Å². The fourth-order valence-corrected chi connectivity index (χ4v) is 3.05. The molecule has 0 radical (unpaired) electrons. The van der Waals surface area contributed by atoms with Crippen LogP contribution in [0.15, 0.2) is 96.1 Å². The maximum Gasteiger partial charge on any atom is 0.309 e. The van der Waals surface area contributed by atoms with Gasteiger partial charge in [-0.1, -0.05) is 72.8 Å². The summed E-state index contributed by atoms with van der Waals surface area (Å²) in [6, 6.07) is 28.6. The molecule has 31 heavy (non-hydrogen) atoms. The monoisotopic (exact) mass is 408 g/mol. The van der Waals surface area contributed by atoms with E-state index >= 15 is 0 Å². The summed E-state index contributed by atoms with van der Waals surface area (Å²) in [6.07, 6.45) is 1.52. The number of benzene rings is 3. The summed E-state index contributed by atoms with van der Waals surface area (Å²) in [5, 5.41) is 4.05. The first kappa shape index (κ1) is 20.0. The molecule has 1 aromatic heterocycles. The Morgan fingerprint density at radius 2 is 1.39 bits per heavy atom. The Hall–Kier alpha value is -4.32. The first-order valence-corrected chi connectivity index (χ1v) is 9.71. The fraction of sp³-hybridized carbons (Fsp3) is 0.0400. The fourth-order valence-electron chi connectivity index (χ4n) is 3.05. The van der Waals surface area contributed by atoms with Crippen molar-refractivity contribution in [2.45, 2.75) is 0 Å². The first-order chi connectivity index (χ1) is 15.2. The minimum Gasteiger partial charge on any atom is -0.496 e. The topological polar surface area (TPSA) is 76.5 Å². The molecule has 152 valence electrons. The molecule has 0 aliphatic heterocycles. The molecule has 0 spiro atoms. The van der Waals surface area contributed by atoms with Gasteiger partial charge in [0.05, 0.1) is 24.7 Å². The van der Waals surface area contributed by atoms with Crippen LogP contribution in [0.1, 0.15) is 16.2 Å². The molecule has 0 aliphatic carbocycles. The van der Waals surface area contributed by atoms with Gasteiger partial charge in [-0.2, -0.15) is 5.10 Å². The standard InChI is InChI=1S/C25H20N4O2/c1-31-23-15-9-8-14-20(23)17-26-29-25(30)24-27-21(18-10-4-2-5-11-18)16-22(28-24)19-12-6-3-7-13-19/h2-17H,1H3,(H,29,30). The molecular formula is C25H20N4O2. The molecule has 1 heterocycles. The van der Waals surface area contributed by atoms with Crippen molar-refractivity contribution >= 4 is 12.1 Å². The van der Waals surface area contributed by atoms with Crippen LogP contribution in [0.4, 0.5) is 0 Å². The summed E-state index contributed by atoms with van der Waals surface area (Å²) in [4.78, 5) is 21.7. The quantitative estimate of drug-likeness (QED) is 0.374. The van der Waals surface area contributed by atoms with Crippen molar-refractivity contribution in [3.8, 4) is 28.3 Å². The second-order valence-corrected chi connectivity index (χ2v) is 6.64. The van der Waals surface area contributed by atoms with Gasteiger partial charge in [0.2, 0.25) is 5.82 Å². The second kappa shape index (κ2) is 9.45. The van der Waals surface area contributed by atoms with Crippen LogP contribution in [0.5, 0.6) is 5.75 Å². The Bertz CT molecular complexity index is 1150. The van der Waals surface area contributed by atoms with Gasteiger partial charge >= 0.3 is 5.91 Å². The molecular weight excluding hydrogens is 388 g/mol. The first-order valence-electron chi connectivity index (χ1n) is 9.71. The van der Waals surface area contributed by atoms with Gasteiger partial charge in [0.25, 0.3) is 0 Å². The molecule has 4 aromatic rings. The van der Waals surface area contributed by atoms with Gasteiger partial charge in [-0.3, -0.25) is 4.79 Å². The number of hydrogen-bond acceptors (Lipinski definition) is 5. The van der Waals surface area contributed by atoms with Crippen LogP contribution in [0.2, 0.25) is 0 Å². The number of amides is 1. The number of ether oxygens (including phenoxy) is 1. The number of nitrogens with zero attached hydrogens (tertiary/aromatic N) is 3. The third-order valence-electron chi connectivity index (χ3n) is 4.58. The summed E-state index contributed by atoms with van der Waals surface area (Å²) in [5.74, 6) is 0.202. The molecule has 4 rings (SSSR count). The number of carbonyl (C=O) groups is 1. The molecule has 1 N–H and O–H groups in total. The van der Waals surface area contributed by atoms with Crippen molar-refractivity contribution in [1.29, 1.82) is 0 Å². The molecule has 0 saturated carbocycles. The lowest BCUT2D eigenvalue weighted by molar-refractivity contribution is 0.0945. The van der Waals surface area contributed by atoms with Crippen LogP contribution in [0.3, 0.4) is 0 Å². The number of hydrogen-bond donors (Lipinski definition) is 1. The van der Waals surface area contributed by atoms with Crippen LogP contribution < -0.4 is 10.2 Å². The zero-order valence-corrected chi connectivity index (χ0v) is 16.9. The Labute approximate surface area is 180 Å². The van der Waals surface area contributed by atoms with Gasteiger partial charge in [0.15, 0.2) is 0 Å². The van der Waals surface area contributed by atoms with Crippen molar-refractivity contribution in [1.82, 2.24) is 15.4 Å². The maximum absolute atomic E-state index is 12.8. The van der Waals surface area contributed by atoms with Crippen LogP contribution in [0.25, 0.3) is 22.5 Å². The highest BCUT2D eigenvalue weighted by molar-refractivity contribution is 5.93. The average molecular weight is 408 g/mol. The van der Waals surface area contributed by atoms with E-state index in [4.69, 9.17) is 4.74 Å². The van der Waals surface area contributed by atoms with Crippen LogP contribution in [-0.2, 0) is 0 Å². The molecule has 0 bridgehead atoms. The zero-order valence-electron chi connectivity index (χ0n) is 16.9. The largest absolute Gasteiger partial charge is 0.496 e. The lowest BCUT2D eigenvalue weighted by Crippen LogP contribution is -2.21. The Balaban J connectivity index is 1.65. The van der Waals surface area contributed by atoms with Crippen LogP contribution in [0, 0.1) is 0 Å². The molecule has 6 nitrogen and oxygen atoms in total. The Morgan fingerprint density at radius 3 is 1.97 bits per heavy atom. The van der Waals surface area contributed by atoms with Crippen LogP contribution in [-0.4, -0.2) is 29.2 Å². The number of hydrazone groups is 1. The lowest BCUT2D eigenvalue weighted by Gasteiger charge is -2.08. The minimum absolute atomic E-state index is 0.0392. The lowest BCUT2D eigenvalue weighted by atomic mass is 10.1. The molecule has 0 saturated heterocycles. The Kier molecular flexibility index (Phi) is 6.09. The van der Waals surface area contributed by atoms with E-state index in [1.54, 1.807) is 7.11 Å². The van der Waals surface area contributed by atoms with E-state index in [1.807, 2.05) is 91.0 Å². The molecule has 1 amide bonds. The summed E-state index contributed by atoms with van der Waals surface area (Å²) in [7, 11) is 1.58. The van der Waals surface area contributed by atoms with Gasteiger partial charge < -0.3 is 4.74 Å². The number of para-hydroxylation sites is 1. The normalized spacial score (nSPS) is 10.7. The second-order valence-electron chi connectivity index (χ2n) is 6.64. The van der Waals surface area contributed by atoms with E-state index in [0.29, 0.717) is 17.1 Å². The number of nitrogens with one attached hydrogen (secondary N) is 1. The van der Waals surface area contributed by atoms with Crippen molar-refractivity contribution in [2.75, 3.05) is 7.11 Å². The summed E-state index contributed by atoms with van der Waals surface area (Å²) < 4.78 is 5.29. The average Bonchev–Trinajstić information content (AvgIpc) is 2.85. The third kappa shape index (κ3) is 4.82. The molecule has 0 atom stereocenters. The smallest absolute Gasteiger partial charge is 0.309 e. The van der Waals surface area contributed by atoms with E-state index in [9.17, 15) is 4.79 Å². The maximum atomic E-state index is 12.8. The highest BCUT2D eigenvalue weighted by atomic mass is 16.5. The van der Waals surface area contributed by atoms with Crippen molar-refractivity contribution in [3.63, 3.8) is 0 Å². The summed E-state index contributed by atoms with van der Waals surface area (Å²) in [5.41, 5.74) is 6.37. The van der Waals surface area contributed by atoms with E-state index in [1.165, 1.54) is 6.21 Å². The predicted molar refractivity (Wildman–Crippen MR) is 121 cm³/mol. The summed E-state index contributed by atoms with van der Waals surface area (Å²) in [6.45, 7) is 0. The van der Waals surface area contributed by atoms with E-state index in [-0.39, 0.29) is 5.82 Å². The van der Waals surface area contributed by atoms with Gasteiger partial charge in [-0.15, -0.1) is 0 Å². The highest BCUT2D eigenvalue weighted by Gasteiger charge is 2.14. The van der Waals surface area contributed by atoms with Gasteiger partial charge in [0.1, 0.15) is 5.75 Å². The number of carbonyl (C=O) groups excluding carboxylic acids is 1. The van der Waals surface area contributed by atoms with Crippen molar-refractivity contribution in [3.05, 3.63) is 102 Å². The minimum atomic E-state index is -0.499. The summed E-state index contributed by atoms with van der Waals surface area (Å²) >= 11 is 0. The highest BCUT2D eigenvalue weighted by Crippen LogP contribution is 2.23. The van der Waals surface area contributed by atoms with Crippen molar-refractivity contribution < 1.29 is 9.53 Å². The zero-order chi connectivity index (χ0) is 21.5. The molecule has 0 unspecified atom stereocenters. The number of methoxy groups -OCH3 is 1. The number of rotatable bonds is 6. The van der Waals surface area contributed by atoms with E-state index < -0.39 is 5.91 Å². The SMILES string of the molecule is COc1ccccc1C=NNC(=O)c1nc(-c2ccccc2)cc(-c2ccccc2)n1. The van der Waals surface area contributed by atoms with Crippen LogP contribution >= 0.6 is 0 Å². The Morgan fingerprint density at radius 1 is 0.839 bits per heavy atom. The molecule has 6 heteroatoms. The van der Waals surface area contributed by atoms with Gasteiger partial charge in [-0.05, 0) is 18.2 Å². The third-order valence-corrected chi connectivity index (χ3v) is 4.58. The van der Waals surface area contributed by atoms with Crippen molar-refractivity contribution in [2.24, 2.45) is 5.10 Å². The molecule has 0 fully saturated rings.